The zero-order chi connectivity index (χ0) is 33.8. The Labute approximate surface area is 216 Å². The van der Waals surface area contributed by atoms with E-state index in [9.17, 15) is 13.2 Å². The molecule has 1 heterocycles. The minimum absolute atomic E-state index is 0.000766. The van der Waals surface area contributed by atoms with Crippen LogP contribution in [0, 0.1) is 0 Å². The number of nitrogens with zero attached hydrogens (tertiary/aromatic N) is 2. The van der Waals surface area contributed by atoms with E-state index < -0.39 is 62.7 Å². The predicted molar refractivity (Wildman–Crippen MR) is 130 cm³/mol. The molecule has 0 atom stereocenters. The second-order valence-electron chi connectivity index (χ2n) is 8.33. The zero-order valence-electron chi connectivity index (χ0n) is 29.9. The molecule has 1 saturated carbocycles. The molecule has 2 aromatic rings. The molecule has 0 aromatic heterocycles. The zero-order valence-corrected chi connectivity index (χ0v) is 18.9. The molecular formula is C28H35F3N2O. The van der Waals surface area contributed by atoms with E-state index in [0.29, 0.717) is 30.6 Å². The number of oxime groups is 1. The smallest absolute Gasteiger partial charge is 0.391 e. The van der Waals surface area contributed by atoms with Gasteiger partial charge in [-0.05, 0) is 91.3 Å². The van der Waals surface area contributed by atoms with Crippen molar-refractivity contribution in [2.24, 2.45) is 5.16 Å². The fraction of sp³-hybridized carbons (Fsp3) is 0.536. The van der Waals surface area contributed by atoms with E-state index in [2.05, 4.69) is 5.16 Å². The molecule has 184 valence electrons. The van der Waals surface area contributed by atoms with Gasteiger partial charge >= 0.3 is 6.18 Å². The van der Waals surface area contributed by atoms with Gasteiger partial charge in [0.05, 0.1) is 11.3 Å². The van der Waals surface area contributed by atoms with Gasteiger partial charge < -0.3 is 4.84 Å². The van der Waals surface area contributed by atoms with E-state index in [0.717, 1.165) is 12.5 Å². The van der Waals surface area contributed by atoms with Crippen LogP contribution in [0.25, 0.3) is 0 Å². The van der Waals surface area contributed by atoms with Crippen LogP contribution in [-0.4, -0.2) is 23.6 Å². The van der Waals surface area contributed by atoms with Gasteiger partial charge in [0, 0.05) is 21.6 Å². The molecule has 0 spiro atoms. The number of benzene rings is 2. The average Bonchev–Trinajstić information content (AvgIpc) is 2.93. The summed E-state index contributed by atoms with van der Waals surface area (Å²) < 4.78 is 132. The van der Waals surface area contributed by atoms with Crippen LogP contribution in [0.3, 0.4) is 0 Å². The molecule has 1 aliphatic carbocycles. The maximum absolute atomic E-state index is 14.0. The molecular weight excluding hydrogens is 437 g/mol. The highest BCUT2D eigenvalue weighted by Gasteiger charge is 2.35. The van der Waals surface area contributed by atoms with Crippen LogP contribution in [-0.2, 0) is 30.5 Å². The van der Waals surface area contributed by atoms with Crippen molar-refractivity contribution < 1.29 is 33.1 Å². The summed E-state index contributed by atoms with van der Waals surface area (Å²) in [4.78, 5) is 5.60. The van der Waals surface area contributed by atoms with Crippen molar-refractivity contribution >= 4 is 5.71 Å². The van der Waals surface area contributed by atoms with Gasteiger partial charge in [-0.3, -0.25) is 4.90 Å². The number of aryl methyl sites for hydroxylation is 1. The van der Waals surface area contributed by atoms with E-state index in [4.69, 9.17) is 19.9 Å². The van der Waals surface area contributed by atoms with Gasteiger partial charge in [0.25, 0.3) is 0 Å². The third kappa shape index (κ3) is 6.01. The van der Waals surface area contributed by atoms with Crippen LogP contribution in [0.4, 0.5) is 13.2 Å². The SMILES string of the molecule is [2H]C1C([2H])([2H])N(C([2H])([2H])c2ccc(/C(=N/OCc3ccc(C4([2H])CCCCC4)c(C(F)(F)F)c3)C([2H])([2H])[2H])cc2CC)C1([2H])[2H]. The Kier molecular flexibility index (Phi) is 4.59. The van der Waals surface area contributed by atoms with E-state index in [1.807, 2.05) is 0 Å². The number of hydrogen-bond donors (Lipinski definition) is 0. The van der Waals surface area contributed by atoms with E-state index in [1.54, 1.807) is 6.92 Å². The minimum Gasteiger partial charge on any atom is -0.391 e. The molecule has 2 aromatic carbocycles. The average molecular weight is 484 g/mol. The van der Waals surface area contributed by atoms with Gasteiger partial charge in [-0.25, -0.2) is 0 Å². The summed E-state index contributed by atoms with van der Waals surface area (Å²) in [6.07, 6.45) is -3.58. The van der Waals surface area contributed by atoms with E-state index in [-0.39, 0.29) is 34.2 Å². The minimum atomic E-state index is -4.72. The lowest BCUT2D eigenvalue weighted by Crippen LogP contribution is -2.36. The van der Waals surface area contributed by atoms with Gasteiger partial charge in [0.1, 0.15) is 6.61 Å². The largest absolute Gasteiger partial charge is 0.416 e. The van der Waals surface area contributed by atoms with Crippen molar-refractivity contribution in [3.8, 4) is 0 Å². The predicted octanol–water partition coefficient (Wildman–Crippen LogP) is 7.46. The van der Waals surface area contributed by atoms with Crippen molar-refractivity contribution in [3.63, 3.8) is 0 Å². The van der Waals surface area contributed by atoms with Gasteiger partial charge in [-0.2, -0.15) is 13.2 Å². The number of rotatable bonds is 8. The van der Waals surface area contributed by atoms with E-state index >= 15 is 0 Å². The lowest BCUT2D eigenvalue weighted by molar-refractivity contribution is -0.138. The first-order valence-electron chi connectivity index (χ1n) is 16.9. The molecule has 34 heavy (non-hydrogen) atoms. The molecule has 0 amide bonds. The molecule has 2 aliphatic rings. The number of likely N-dealkylation sites (tertiary alicyclic amines) is 1. The van der Waals surface area contributed by atoms with Crippen molar-refractivity contribution in [3.05, 3.63) is 69.8 Å². The summed E-state index contributed by atoms with van der Waals surface area (Å²) in [5.41, 5.74) is -1.41. The fourth-order valence-corrected chi connectivity index (χ4v) is 4.15. The lowest BCUT2D eigenvalue weighted by atomic mass is 9.81. The topological polar surface area (TPSA) is 24.8 Å². The highest BCUT2D eigenvalue weighted by Crippen LogP contribution is 2.41. The summed E-state index contributed by atoms with van der Waals surface area (Å²) in [6.45, 7) is -9.64. The normalized spacial score (nSPS) is 28.1. The lowest BCUT2D eigenvalue weighted by Gasteiger charge is -2.31. The Balaban J connectivity index is 1.63. The highest BCUT2D eigenvalue weighted by atomic mass is 19.4. The summed E-state index contributed by atoms with van der Waals surface area (Å²) >= 11 is 0. The quantitative estimate of drug-likeness (QED) is 0.287. The molecule has 0 N–H and O–H groups in total. The Morgan fingerprint density at radius 3 is 2.68 bits per heavy atom. The summed E-state index contributed by atoms with van der Waals surface area (Å²) in [5, 5.41) is 3.75. The Morgan fingerprint density at radius 1 is 1.18 bits per heavy atom. The molecule has 0 unspecified atom stereocenters. The molecule has 6 heteroatoms. The first kappa shape index (κ1) is 14.3. The Hall–Kier alpha value is -2.34. The third-order valence-corrected chi connectivity index (χ3v) is 5.99. The van der Waals surface area contributed by atoms with Crippen LogP contribution in [0.2, 0.25) is 0 Å². The molecule has 4 rings (SSSR count). The maximum Gasteiger partial charge on any atom is 0.416 e. The van der Waals surface area contributed by atoms with E-state index in [1.165, 1.54) is 30.3 Å². The van der Waals surface area contributed by atoms with Gasteiger partial charge in [-0.15, -0.1) is 0 Å². The van der Waals surface area contributed by atoms with Gasteiger partial charge in [0.2, 0.25) is 0 Å². The van der Waals surface area contributed by atoms with Crippen molar-refractivity contribution in [1.29, 1.82) is 0 Å². The second kappa shape index (κ2) is 10.9. The molecule has 0 bridgehead atoms. The highest BCUT2D eigenvalue weighted by molar-refractivity contribution is 5.98. The summed E-state index contributed by atoms with van der Waals surface area (Å²) in [5.74, 6) is -1.35. The molecule has 0 radical (unpaired) electrons. The molecule has 1 saturated heterocycles. The van der Waals surface area contributed by atoms with Crippen LogP contribution in [0.1, 0.15) is 107 Å². The third-order valence-electron chi connectivity index (χ3n) is 5.99. The summed E-state index contributed by atoms with van der Waals surface area (Å²) in [6, 6.07) is 7.32. The van der Waals surface area contributed by atoms with Crippen molar-refractivity contribution in [2.75, 3.05) is 13.0 Å². The molecule has 3 nitrogen and oxygen atoms in total. The van der Waals surface area contributed by atoms with Crippen LogP contribution < -0.4 is 0 Å². The first-order valence-corrected chi connectivity index (χ1v) is 11.4. The van der Waals surface area contributed by atoms with Crippen molar-refractivity contribution in [2.45, 2.75) is 83.9 Å². The second-order valence-corrected chi connectivity index (χ2v) is 8.33. The van der Waals surface area contributed by atoms with Crippen LogP contribution in [0.15, 0.2) is 41.6 Å². The fourth-order valence-electron chi connectivity index (χ4n) is 4.15. The summed E-state index contributed by atoms with van der Waals surface area (Å²) in [7, 11) is 0. The van der Waals surface area contributed by atoms with Gasteiger partial charge in [0.15, 0.2) is 0 Å². The number of halogens is 3. The molecule has 2 fully saturated rings. The first-order chi connectivity index (χ1) is 20.6. The number of hydrogen-bond acceptors (Lipinski definition) is 3. The molecule has 1 aliphatic heterocycles. The Morgan fingerprint density at radius 2 is 1.97 bits per heavy atom. The number of alkyl halides is 3. The van der Waals surface area contributed by atoms with Crippen molar-refractivity contribution in [1.82, 2.24) is 4.90 Å². The van der Waals surface area contributed by atoms with Gasteiger partial charge in [-0.1, -0.05) is 55.6 Å². The monoisotopic (exact) mass is 483 g/mol. The maximum atomic E-state index is 14.0. The van der Waals surface area contributed by atoms with Crippen LogP contribution >= 0.6 is 0 Å². The van der Waals surface area contributed by atoms with Crippen LogP contribution in [0.5, 0.6) is 0 Å². The Bertz CT molecular complexity index is 1420. The standard InChI is InChI=1S/C28H35F3N2O/c1-3-22-17-24(11-12-25(22)18-33-14-7-15-33)20(2)32-34-19-21-10-13-26(23-8-5-4-6-9-23)27(16-21)28(29,30)31/h10-13,16-17,23H,3-9,14-15,18-19H2,1-2H3/b32-20+/i2D3,7D,14D2,15D2,18D2,23D.